The van der Waals surface area contributed by atoms with Crippen LogP contribution in [0.5, 0.6) is 11.5 Å². The van der Waals surface area contributed by atoms with E-state index in [1.165, 1.54) is 36.9 Å². The third kappa shape index (κ3) is 9.83. The fourth-order valence-corrected chi connectivity index (χ4v) is 4.22. The highest BCUT2D eigenvalue weighted by atomic mass is 16.6. The summed E-state index contributed by atoms with van der Waals surface area (Å²) in [6.45, 7) is 12.4. The van der Waals surface area contributed by atoms with Crippen molar-refractivity contribution in [1.82, 2.24) is 30.0 Å². The summed E-state index contributed by atoms with van der Waals surface area (Å²) in [6.07, 6.45) is 4.28. The van der Waals surface area contributed by atoms with Crippen LogP contribution in [0.4, 0.5) is 14.4 Å². The van der Waals surface area contributed by atoms with Crippen LogP contribution < -0.4 is 14.8 Å². The molecule has 2 atom stereocenters. The molecule has 2 fully saturated rings. The second-order valence-electron chi connectivity index (χ2n) is 11.0. The molecule has 14 heteroatoms. The number of piperazine rings is 2. The Balaban J connectivity index is 0.000000248. The van der Waals surface area contributed by atoms with Crippen molar-refractivity contribution in [3.8, 4) is 23.6 Å². The summed E-state index contributed by atoms with van der Waals surface area (Å²) >= 11 is 0. The second kappa shape index (κ2) is 14.8. The Morgan fingerprint density at radius 1 is 0.837 bits per heavy atom. The molecule has 4 rings (SSSR count). The molecule has 2 aliphatic heterocycles. The molecule has 3 amide bonds. The highest BCUT2D eigenvalue weighted by molar-refractivity contribution is 5.73. The van der Waals surface area contributed by atoms with E-state index in [2.05, 4.69) is 15.3 Å². The number of hydrogen-bond donors (Lipinski definition) is 1. The molecular formula is C29H36N8O6. The molecule has 0 unspecified atom stereocenters. The normalized spacial score (nSPS) is 18.3. The molecule has 0 radical (unpaired) electrons. The maximum atomic E-state index is 12.3. The van der Waals surface area contributed by atoms with Crippen molar-refractivity contribution in [1.29, 1.82) is 10.5 Å². The van der Waals surface area contributed by atoms with Crippen LogP contribution in [-0.2, 0) is 4.74 Å². The average molecular weight is 593 g/mol. The maximum Gasteiger partial charge on any atom is 0.415 e. The van der Waals surface area contributed by atoms with Gasteiger partial charge in [0.25, 0.3) is 0 Å². The summed E-state index contributed by atoms with van der Waals surface area (Å²) in [7, 11) is 0. The molecule has 0 aromatic carbocycles. The first kappa shape index (κ1) is 32.6. The molecule has 0 saturated carbocycles. The van der Waals surface area contributed by atoms with E-state index in [4.69, 9.17) is 24.7 Å². The molecule has 2 aromatic heterocycles. The number of carbonyl (C=O) groups excluding carboxylic acids is 3. The van der Waals surface area contributed by atoms with Crippen molar-refractivity contribution in [3.05, 3.63) is 48.0 Å². The van der Waals surface area contributed by atoms with Crippen LogP contribution in [0.2, 0.25) is 0 Å². The number of pyridine rings is 2. The van der Waals surface area contributed by atoms with Gasteiger partial charge in [-0.3, -0.25) is 9.97 Å². The van der Waals surface area contributed by atoms with Crippen LogP contribution >= 0.6 is 0 Å². The zero-order valence-electron chi connectivity index (χ0n) is 24.9. The lowest BCUT2D eigenvalue weighted by Gasteiger charge is -2.39. The molecule has 2 aromatic rings. The summed E-state index contributed by atoms with van der Waals surface area (Å²) in [6, 6.07) is 6.71. The van der Waals surface area contributed by atoms with Crippen LogP contribution in [0.1, 0.15) is 45.7 Å². The number of nitriles is 2. The zero-order chi connectivity index (χ0) is 31.6. The molecule has 228 valence electrons. The summed E-state index contributed by atoms with van der Waals surface area (Å²) in [4.78, 5) is 48.9. The van der Waals surface area contributed by atoms with E-state index in [0.29, 0.717) is 43.1 Å². The minimum absolute atomic E-state index is 0.0957. The number of aromatic nitrogens is 2. The molecule has 14 nitrogen and oxygen atoms in total. The van der Waals surface area contributed by atoms with Crippen molar-refractivity contribution in [2.45, 2.75) is 52.3 Å². The number of rotatable bonds is 2. The lowest BCUT2D eigenvalue weighted by atomic mass is 10.2. The molecule has 43 heavy (non-hydrogen) atoms. The van der Waals surface area contributed by atoms with E-state index in [0.717, 1.165) is 13.1 Å². The Bertz CT molecular complexity index is 1380. The van der Waals surface area contributed by atoms with Gasteiger partial charge in [0.15, 0.2) is 11.5 Å². The van der Waals surface area contributed by atoms with E-state index < -0.39 is 23.9 Å². The predicted octanol–water partition coefficient (Wildman–Crippen LogP) is 3.14. The SMILES string of the molecule is C[C@@H]1CN(C(=O)OC(C)(C)C)CCN1C(=O)Oc1cncc(C#N)c1.C[C@@H]1CNCCN1C(=O)Oc1cncc(C#N)c1. The minimum atomic E-state index is -0.560. The van der Waals surface area contributed by atoms with E-state index in [-0.39, 0.29) is 17.8 Å². The van der Waals surface area contributed by atoms with Crippen molar-refractivity contribution in [2.24, 2.45) is 0 Å². The molecule has 2 saturated heterocycles. The van der Waals surface area contributed by atoms with Crippen LogP contribution in [0.15, 0.2) is 36.9 Å². The van der Waals surface area contributed by atoms with Gasteiger partial charge in [-0.05, 0) is 34.6 Å². The van der Waals surface area contributed by atoms with Crippen molar-refractivity contribution in [3.63, 3.8) is 0 Å². The van der Waals surface area contributed by atoms with Gasteiger partial charge in [0.05, 0.1) is 29.6 Å². The van der Waals surface area contributed by atoms with Crippen molar-refractivity contribution < 1.29 is 28.6 Å². The Morgan fingerprint density at radius 3 is 1.84 bits per heavy atom. The highest BCUT2D eigenvalue weighted by Gasteiger charge is 2.33. The number of nitrogens with one attached hydrogen (secondary N) is 1. The van der Waals surface area contributed by atoms with Gasteiger partial charge in [0.1, 0.15) is 17.7 Å². The first-order valence-corrected chi connectivity index (χ1v) is 13.8. The van der Waals surface area contributed by atoms with Crippen LogP contribution in [0.25, 0.3) is 0 Å². The monoisotopic (exact) mass is 592 g/mol. The minimum Gasteiger partial charge on any atom is -0.444 e. The van der Waals surface area contributed by atoms with E-state index in [9.17, 15) is 14.4 Å². The Morgan fingerprint density at radius 2 is 1.37 bits per heavy atom. The van der Waals surface area contributed by atoms with Gasteiger partial charge in [-0.2, -0.15) is 10.5 Å². The lowest BCUT2D eigenvalue weighted by Crippen LogP contribution is -2.56. The first-order chi connectivity index (χ1) is 20.4. The summed E-state index contributed by atoms with van der Waals surface area (Å²) in [5.74, 6) is 0.510. The third-order valence-corrected chi connectivity index (χ3v) is 6.34. The molecule has 0 bridgehead atoms. The largest absolute Gasteiger partial charge is 0.444 e. The van der Waals surface area contributed by atoms with Gasteiger partial charge in [-0.15, -0.1) is 0 Å². The van der Waals surface area contributed by atoms with E-state index in [1.807, 2.05) is 46.8 Å². The molecule has 4 heterocycles. The Hall–Kier alpha value is -4.95. The van der Waals surface area contributed by atoms with Gasteiger partial charge in [-0.25, -0.2) is 14.4 Å². The van der Waals surface area contributed by atoms with E-state index in [1.54, 1.807) is 14.7 Å². The van der Waals surface area contributed by atoms with Gasteiger partial charge in [-0.1, -0.05) is 0 Å². The van der Waals surface area contributed by atoms with Crippen molar-refractivity contribution in [2.75, 3.05) is 39.3 Å². The number of nitrogens with zero attached hydrogens (tertiary/aromatic N) is 7. The van der Waals surface area contributed by atoms with Gasteiger partial charge in [0, 0.05) is 69.8 Å². The molecular weight excluding hydrogens is 556 g/mol. The Kier molecular flexibility index (Phi) is 11.2. The number of ether oxygens (including phenoxy) is 3. The molecule has 2 aliphatic rings. The summed E-state index contributed by atoms with van der Waals surface area (Å²) in [5, 5.41) is 20.8. The fourth-order valence-electron chi connectivity index (χ4n) is 4.22. The van der Waals surface area contributed by atoms with Crippen LogP contribution in [0, 0.1) is 22.7 Å². The number of carbonyl (C=O) groups is 3. The number of hydrogen-bond acceptors (Lipinski definition) is 11. The first-order valence-electron chi connectivity index (χ1n) is 13.8. The van der Waals surface area contributed by atoms with Gasteiger partial charge < -0.3 is 34.2 Å². The maximum absolute atomic E-state index is 12.3. The topological polar surface area (TPSA) is 174 Å². The highest BCUT2D eigenvalue weighted by Crippen LogP contribution is 2.18. The average Bonchev–Trinajstić information content (AvgIpc) is 2.97. The smallest absolute Gasteiger partial charge is 0.415 e. The molecule has 1 N–H and O–H groups in total. The van der Waals surface area contributed by atoms with Gasteiger partial charge in [0.2, 0.25) is 0 Å². The predicted molar refractivity (Wildman–Crippen MR) is 153 cm³/mol. The lowest BCUT2D eigenvalue weighted by molar-refractivity contribution is 0.00784. The molecule has 0 spiro atoms. The standard InChI is InChI=1S/C17H22N4O4.C12H14N4O2/c1-12-11-20(15(22)25-17(2,3)4)5-6-21(12)16(23)24-14-7-13(8-18)9-19-10-14;1-9-6-14-2-3-16(9)12(17)18-11-4-10(5-13)7-15-8-11/h7,9-10,12H,5-6,11H2,1-4H3;4,7-9,14H,2-3,6H2,1H3/t12-;9-/m11/s1. The number of amides is 3. The van der Waals surface area contributed by atoms with Crippen LogP contribution in [0.3, 0.4) is 0 Å². The zero-order valence-corrected chi connectivity index (χ0v) is 24.9. The fraction of sp³-hybridized carbons (Fsp3) is 0.483. The third-order valence-electron chi connectivity index (χ3n) is 6.34. The van der Waals surface area contributed by atoms with Gasteiger partial charge >= 0.3 is 18.3 Å². The quantitative estimate of drug-likeness (QED) is 0.542. The second-order valence-corrected chi connectivity index (χ2v) is 11.0. The Labute approximate surface area is 250 Å². The summed E-state index contributed by atoms with van der Waals surface area (Å²) in [5.41, 5.74) is 0.122. The molecule has 0 aliphatic carbocycles. The van der Waals surface area contributed by atoms with Crippen LogP contribution in [-0.4, -0.2) is 99.9 Å². The van der Waals surface area contributed by atoms with Crippen molar-refractivity contribution >= 4 is 18.3 Å². The van der Waals surface area contributed by atoms with E-state index >= 15 is 0 Å². The summed E-state index contributed by atoms with van der Waals surface area (Å²) < 4.78 is 15.8.